The van der Waals surface area contributed by atoms with Crippen LogP contribution in [0, 0.1) is 0 Å². The Kier molecular flexibility index (Phi) is 7.02. The zero-order valence-electron chi connectivity index (χ0n) is 19.1. The molecule has 9 heteroatoms. The molecule has 3 amide bonds. The number of hydrogen-bond donors (Lipinski definition) is 0. The highest BCUT2D eigenvalue weighted by Gasteiger charge is 2.36. The summed E-state index contributed by atoms with van der Waals surface area (Å²) in [5, 5.41) is 0. The molecule has 4 rings (SSSR count). The Bertz CT molecular complexity index is 1320. The van der Waals surface area contributed by atoms with Crippen LogP contribution in [0.25, 0.3) is 10.2 Å². The van der Waals surface area contributed by atoms with E-state index >= 15 is 0 Å². The van der Waals surface area contributed by atoms with Crippen molar-refractivity contribution in [3.63, 3.8) is 0 Å². The van der Waals surface area contributed by atoms with E-state index in [0.717, 1.165) is 34.4 Å². The summed E-state index contributed by atoms with van der Waals surface area (Å²) in [6, 6.07) is 12.4. The van der Waals surface area contributed by atoms with E-state index in [9.17, 15) is 19.2 Å². The minimum absolute atomic E-state index is 0.0960. The van der Waals surface area contributed by atoms with Gasteiger partial charge in [0, 0.05) is 0 Å². The fourth-order valence-corrected chi connectivity index (χ4v) is 5.00. The number of benzene rings is 2. The molecule has 2 heterocycles. The predicted octanol–water partition coefficient (Wildman–Crippen LogP) is 3.33. The standard InChI is InChI=1S/C25H25N3O5S/c1-3-5-8-16-11-12-19-20(13-16)34-25(27(19)15-22(30)33-4-2)26-21(29)14-28-23(31)17-9-6-7-10-18(17)24(28)32/h6-7,9-13H,3-5,8,14-15H2,1-2H3. The fourth-order valence-electron chi connectivity index (χ4n) is 3.89. The molecular formula is C25H25N3O5S. The average Bonchev–Trinajstić information content (AvgIpc) is 3.27. The van der Waals surface area contributed by atoms with Gasteiger partial charge >= 0.3 is 5.97 Å². The minimum atomic E-state index is -0.648. The van der Waals surface area contributed by atoms with Crippen molar-refractivity contribution in [3.8, 4) is 0 Å². The molecular weight excluding hydrogens is 454 g/mol. The number of esters is 1. The molecule has 0 radical (unpaired) electrons. The van der Waals surface area contributed by atoms with Gasteiger partial charge in [0.2, 0.25) is 0 Å². The van der Waals surface area contributed by atoms with E-state index in [1.165, 1.54) is 16.9 Å². The zero-order chi connectivity index (χ0) is 24.2. The number of unbranched alkanes of at least 4 members (excludes halogenated alkanes) is 1. The van der Waals surface area contributed by atoms with Gasteiger partial charge in [0.25, 0.3) is 17.7 Å². The molecule has 176 valence electrons. The topological polar surface area (TPSA) is 98.0 Å². The van der Waals surface area contributed by atoms with Crippen molar-refractivity contribution < 1.29 is 23.9 Å². The van der Waals surface area contributed by atoms with Crippen molar-refractivity contribution in [2.75, 3.05) is 13.2 Å². The molecule has 1 aliphatic heterocycles. The second-order valence-electron chi connectivity index (χ2n) is 7.93. The number of carbonyl (C=O) groups is 4. The number of nitrogens with zero attached hydrogens (tertiary/aromatic N) is 3. The van der Waals surface area contributed by atoms with Crippen LogP contribution in [0.4, 0.5) is 0 Å². The molecule has 0 unspecified atom stereocenters. The highest BCUT2D eigenvalue weighted by atomic mass is 32.1. The number of aromatic nitrogens is 1. The third-order valence-corrected chi connectivity index (χ3v) is 6.59. The minimum Gasteiger partial charge on any atom is -0.465 e. The maximum atomic E-state index is 12.8. The summed E-state index contributed by atoms with van der Waals surface area (Å²) in [7, 11) is 0. The average molecular weight is 480 g/mol. The lowest BCUT2D eigenvalue weighted by atomic mass is 10.1. The molecule has 0 bridgehead atoms. The highest BCUT2D eigenvalue weighted by Crippen LogP contribution is 2.23. The van der Waals surface area contributed by atoms with Gasteiger partial charge < -0.3 is 9.30 Å². The van der Waals surface area contributed by atoms with Gasteiger partial charge in [-0.1, -0.05) is 42.9 Å². The maximum Gasteiger partial charge on any atom is 0.326 e. The van der Waals surface area contributed by atoms with Crippen LogP contribution >= 0.6 is 11.3 Å². The van der Waals surface area contributed by atoms with E-state index in [1.807, 2.05) is 18.2 Å². The Morgan fingerprint density at radius 1 is 1.00 bits per heavy atom. The van der Waals surface area contributed by atoms with E-state index in [0.29, 0.717) is 4.80 Å². The summed E-state index contributed by atoms with van der Waals surface area (Å²) >= 11 is 1.29. The van der Waals surface area contributed by atoms with Gasteiger partial charge in [-0.25, -0.2) is 0 Å². The molecule has 0 spiro atoms. The number of fused-ring (bicyclic) bond motifs is 2. The Hall–Kier alpha value is -3.59. The number of carbonyl (C=O) groups excluding carboxylic acids is 4. The molecule has 34 heavy (non-hydrogen) atoms. The summed E-state index contributed by atoms with van der Waals surface area (Å²) in [6.45, 7) is 3.54. The van der Waals surface area contributed by atoms with Crippen LogP contribution in [-0.4, -0.2) is 46.3 Å². The van der Waals surface area contributed by atoms with Crippen LogP contribution in [0.3, 0.4) is 0 Å². The van der Waals surface area contributed by atoms with Gasteiger partial charge in [0.05, 0.1) is 28.0 Å². The first-order chi connectivity index (χ1) is 16.4. The highest BCUT2D eigenvalue weighted by molar-refractivity contribution is 7.16. The molecule has 0 saturated heterocycles. The van der Waals surface area contributed by atoms with E-state index in [4.69, 9.17) is 4.74 Å². The molecule has 3 aromatic rings. The molecule has 8 nitrogen and oxygen atoms in total. The fraction of sp³-hybridized carbons (Fsp3) is 0.320. The van der Waals surface area contributed by atoms with Crippen LogP contribution in [0.1, 0.15) is 53.0 Å². The van der Waals surface area contributed by atoms with Crippen LogP contribution in [0.15, 0.2) is 47.5 Å². The van der Waals surface area contributed by atoms with Gasteiger partial charge in [0.15, 0.2) is 4.80 Å². The maximum absolute atomic E-state index is 12.8. The molecule has 2 aromatic carbocycles. The molecule has 0 saturated carbocycles. The van der Waals surface area contributed by atoms with Crippen molar-refractivity contribution in [3.05, 3.63) is 64.0 Å². The van der Waals surface area contributed by atoms with Crippen LogP contribution in [0.2, 0.25) is 0 Å². The first kappa shape index (κ1) is 23.6. The van der Waals surface area contributed by atoms with Crippen molar-refractivity contribution in [2.24, 2.45) is 4.99 Å². The molecule has 1 aromatic heterocycles. The van der Waals surface area contributed by atoms with Gasteiger partial charge in [-0.2, -0.15) is 4.99 Å². The van der Waals surface area contributed by atoms with E-state index < -0.39 is 30.2 Å². The number of hydrogen-bond acceptors (Lipinski definition) is 6. The van der Waals surface area contributed by atoms with Crippen LogP contribution in [-0.2, 0) is 27.3 Å². The first-order valence-corrected chi connectivity index (χ1v) is 12.0. The third kappa shape index (κ3) is 4.70. The SMILES string of the molecule is CCCCc1ccc2c(c1)sc(=NC(=O)CN1C(=O)c3ccccc3C1=O)n2CC(=O)OCC. The van der Waals surface area contributed by atoms with Crippen LogP contribution < -0.4 is 4.80 Å². The number of aryl methyl sites for hydroxylation is 1. The largest absolute Gasteiger partial charge is 0.465 e. The monoisotopic (exact) mass is 479 g/mol. The van der Waals surface area contributed by atoms with Gasteiger partial charge in [-0.15, -0.1) is 0 Å². The summed E-state index contributed by atoms with van der Waals surface area (Å²) in [5.41, 5.74) is 2.49. The van der Waals surface area contributed by atoms with Crippen molar-refractivity contribution in [1.82, 2.24) is 9.47 Å². The summed E-state index contributed by atoms with van der Waals surface area (Å²) < 4.78 is 7.63. The normalized spacial score (nSPS) is 13.6. The van der Waals surface area contributed by atoms with Gasteiger partial charge in [0.1, 0.15) is 13.1 Å². The van der Waals surface area contributed by atoms with Crippen LogP contribution in [0.5, 0.6) is 0 Å². The molecule has 0 N–H and O–H groups in total. The molecule has 0 fully saturated rings. The van der Waals surface area contributed by atoms with Gasteiger partial charge in [-0.05, 0) is 49.6 Å². The Labute approximate surface area is 200 Å². The molecule has 0 aliphatic carbocycles. The Morgan fingerprint density at radius 2 is 1.71 bits per heavy atom. The van der Waals surface area contributed by atoms with E-state index in [2.05, 4.69) is 11.9 Å². The summed E-state index contributed by atoms with van der Waals surface area (Å²) in [5.74, 6) is -2.11. The van der Waals surface area contributed by atoms with Gasteiger partial charge in [-0.3, -0.25) is 24.1 Å². The Morgan fingerprint density at radius 3 is 2.35 bits per heavy atom. The van der Waals surface area contributed by atoms with E-state index in [-0.39, 0.29) is 24.3 Å². The molecule has 1 aliphatic rings. The number of thiazole rings is 1. The second kappa shape index (κ2) is 10.1. The number of amides is 3. The number of imide groups is 1. The smallest absolute Gasteiger partial charge is 0.326 e. The second-order valence-corrected chi connectivity index (χ2v) is 8.94. The van der Waals surface area contributed by atoms with E-state index in [1.54, 1.807) is 35.8 Å². The quantitative estimate of drug-likeness (QED) is 0.365. The summed E-state index contributed by atoms with van der Waals surface area (Å²) in [6.07, 6.45) is 3.08. The predicted molar refractivity (Wildman–Crippen MR) is 127 cm³/mol. The van der Waals surface area contributed by atoms with Crippen molar-refractivity contribution in [2.45, 2.75) is 39.7 Å². The number of rotatable bonds is 8. The Balaban J connectivity index is 1.66. The lowest BCUT2D eigenvalue weighted by Gasteiger charge is -2.10. The zero-order valence-corrected chi connectivity index (χ0v) is 19.9. The third-order valence-electron chi connectivity index (χ3n) is 5.55. The lowest BCUT2D eigenvalue weighted by molar-refractivity contribution is -0.143. The molecule has 0 atom stereocenters. The summed E-state index contributed by atoms with van der Waals surface area (Å²) in [4.78, 5) is 55.6. The first-order valence-electron chi connectivity index (χ1n) is 11.2. The lowest BCUT2D eigenvalue weighted by Crippen LogP contribution is -2.35. The van der Waals surface area contributed by atoms with Crippen molar-refractivity contribution >= 4 is 45.2 Å². The number of ether oxygens (including phenoxy) is 1. The van der Waals surface area contributed by atoms with Crippen molar-refractivity contribution in [1.29, 1.82) is 0 Å².